The van der Waals surface area contributed by atoms with Gasteiger partial charge in [-0.3, -0.25) is 0 Å². The fourth-order valence-corrected chi connectivity index (χ4v) is 2.58. The highest BCUT2D eigenvalue weighted by Gasteiger charge is 2.43. The van der Waals surface area contributed by atoms with E-state index in [9.17, 15) is 4.39 Å². The zero-order chi connectivity index (χ0) is 10.3. The van der Waals surface area contributed by atoms with Crippen molar-refractivity contribution >= 4 is 0 Å². The van der Waals surface area contributed by atoms with Gasteiger partial charge in [-0.15, -0.1) is 0 Å². The normalized spacial score (nSPS) is 36.6. The Kier molecular flexibility index (Phi) is 2.31. The molecule has 2 unspecified atom stereocenters. The predicted octanol–water partition coefficient (Wildman–Crippen LogP) is 2.52. The monoisotopic (exact) mass is 193 g/mol. The lowest BCUT2D eigenvalue weighted by atomic mass is 9.60. The maximum atomic E-state index is 12.7. The van der Waals surface area contributed by atoms with Gasteiger partial charge in [-0.2, -0.15) is 0 Å². The smallest absolute Gasteiger partial charge is 0.123 e. The summed E-state index contributed by atoms with van der Waals surface area (Å²) < 4.78 is 12.7. The molecule has 0 aromatic heterocycles. The molecule has 0 bridgehead atoms. The zero-order valence-electron chi connectivity index (χ0n) is 8.57. The predicted molar refractivity (Wildman–Crippen MR) is 55.4 cm³/mol. The highest BCUT2D eigenvalue weighted by atomic mass is 19.1. The van der Waals surface area contributed by atoms with Crippen molar-refractivity contribution in [1.82, 2.24) is 0 Å². The number of nitrogens with two attached hydrogens (primary N) is 1. The van der Waals surface area contributed by atoms with Gasteiger partial charge < -0.3 is 5.73 Å². The molecule has 1 saturated carbocycles. The molecule has 0 amide bonds. The van der Waals surface area contributed by atoms with E-state index in [2.05, 4.69) is 13.8 Å². The highest BCUT2D eigenvalue weighted by Crippen LogP contribution is 2.46. The van der Waals surface area contributed by atoms with Gasteiger partial charge in [-0.1, -0.05) is 26.0 Å². The van der Waals surface area contributed by atoms with Gasteiger partial charge in [-0.25, -0.2) is 4.39 Å². The third kappa shape index (κ3) is 1.34. The van der Waals surface area contributed by atoms with E-state index < -0.39 is 0 Å². The first-order valence-corrected chi connectivity index (χ1v) is 5.12. The van der Waals surface area contributed by atoms with Crippen LogP contribution in [0.2, 0.25) is 0 Å². The molecule has 2 N–H and O–H groups in total. The summed E-state index contributed by atoms with van der Waals surface area (Å²) in [6.45, 7) is 4.33. The fourth-order valence-electron chi connectivity index (χ4n) is 2.58. The lowest BCUT2D eigenvalue weighted by Gasteiger charge is -2.47. The summed E-state index contributed by atoms with van der Waals surface area (Å²) in [4.78, 5) is 0. The molecule has 1 nitrogen and oxygen atoms in total. The Labute approximate surface area is 84.1 Å². The molecule has 1 aromatic rings. The van der Waals surface area contributed by atoms with Crippen LogP contribution in [0.25, 0.3) is 0 Å². The number of benzene rings is 1. The van der Waals surface area contributed by atoms with E-state index in [1.165, 1.54) is 17.7 Å². The molecule has 1 aliphatic rings. The lowest BCUT2D eigenvalue weighted by molar-refractivity contribution is 0.130. The molecular weight excluding hydrogens is 177 g/mol. The van der Waals surface area contributed by atoms with Gasteiger partial charge >= 0.3 is 0 Å². The zero-order valence-corrected chi connectivity index (χ0v) is 8.57. The van der Waals surface area contributed by atoms with E-state index in [-0.39, 0.29) is 5.82 Å². The summed E-state index contributed by atoms with van der Waals surface area (Å²) in [5, 5.41) is 0. The number of hydrogen-bond acceptors (Lipinski definition) is 1. The average molecular weight is 193 g/mol. The van der Waals surface area contributed by atoms with E-state index in [0.29, 0.717) is 23.8 Å². The number of rotatable bonds is 1. The second-order valence-electron chi connectivity index (χ2n) is 4.37. The Balaban J connectivity index is 2.20. The van der Waals surface area contributed by atoms with Crippen LogP contribution in [0.4, 0.5) is 4.39 Å². The lowest BCUT2D eigenvalue weighted by Crippen LogP contribution is -2.52. The van der Waals surface area contributed by atoms with Crippen LogP contribution in [0.1, 0.15) is 25.3 Å². The van der Waals surface area contributed by atoms with Crippen LogP contribution in [0.15, 0.2) is 24.3 Å². The molecule has 1 fully saturated rings. The molecule has 0 heterocycles. The average Bonchev–Trinajstić information content (AvgIpc) is 2.21. The molecule has 0 saturated heterocycles. The van der Waals surface area contributed by atoms with Crippen LogP contribution in [0.3, 0.4) is 0 Å². The Morgan fingerprint density at radius 1 is 1.07 bits per heavy atom. The first-order chi connectivity index (χ1) is 6.61. The quantitative estimate of drug-likeness (QED) is 0.728. The minimum atomic E-state index is -0.169. The standard InChI is InChI=1S/C12H16FN/c1-7-11(8(2)12(7)14)9-3-5-10(13)6-4-9/h3-8,11-12H,14H2,1-2H3. The molecule has 1 aliphatic carbocycles. The highest BCUT2D eigenvalue weighted by molar-refractivity contribution is 5.26. The largest absolute Gasteiger partial charge is 0.327 e. The third-order valence-electron chi connectivity index (χ3n) is 3.60. The second kappa shape index (κ2) is 3.35. The van der Waals surface area contributed by atoms with Crippen molar-refractivity contribution in [2.45, 2.75) is 25.8 Å². The SMILES string of the molecule is CC1C(N)C(C)C1c1ccc(F)cc1. The molecule has 76 valence electrons. The summed E-state index contributed by atoms with van der Waals surface area (Å²) in [5.41, 5.74) is 7.16. The maximum absolute atomic E-state index is 12.7. The van der Waals surface area contributed by atoms with Crippen molar-refractivity contribution < 1.29 is 4.39 Å². The first-order valence-electron chi connectivity index (χ1n) is 5.12. The Morgan fingerprint density at radius 2 is 1.57 bits per heavy atom. The summed E-state index contributed by atoms with van der Waals surface area (Å²) in [7, 11) is 0. The summed E-state index contributed by atoms with van der Waals surface area (Å²) >= 11 is 0. The van der Waals surface area contributed by atoms with Crippen LogP contribution >= 0.6 is 0 Å². The van der Waals surface area contributed by atoms with E-state index in [4.69, 9.17) is 5.73 Å². The Bertz CT molecular complexity index is 310. The molecule has 0 spiro atoms. The van der Waals surface area contributed by atoms with Crippen molar-refractivity contribution in [2.24, 2.45) is 17.6 Å². The van der Waals surface area contributed by atoms with E-state index in [0.717, 1.165) is 0 Å². The summed E-state index contributed by atoms with van der Waals surface area (Å²) in [5.74, 6) is 1.36. The van der Waals surface area contributed by atoms with Gasteiger partial charge in [0.25, 0.3) is 0 Å². The van der Waals surface area contributed by atoms with E-state index in [1.807, 2.05) is 12.1 Å². The van der Waals surface area contributed by atoms with Crippen molar-refractivity contribution in [1.29, 1.82) is 0 Å². The van der Waals surface area contributed by atoms with Gasteiger partial charge in [0.15, 0.2) is 0 Å². The van der Waals surface area contributed by atoms with E-state index >= 15 is 0 Å². The number of halogens is 1. The van der Waals surface area contributed by atoms with Gasteiger partial charge in [0.1, 0.15) is 5.82 Å². The Hall–Kier alpha value is -0.890. The van der Waals surface area contributed by atoms with Gasteiger partial charge in [0.2, 0.25) is 0 Å². The van der Waals surface area contributed by atoms with Crippen LogP contribution in [-0.2, 0) is 0 Å². The molecule has 0 radical (unpaired) electrons. The molecule has 14 heavy (non-hydrogen) atoms. The fraction of sp³-hybridized carbons (Fsp3) is 0.500. The van der Waals surface area contributed by atoms with Crippen molar-refractivity contribution in [3.05, 3.63) is 35.6 Å². The minimum absolute atomic E-state index is 0.169. The van der Waals surface area contributed by atoms with Gasteiger partial charge in [0.05, 0.1) is 0 Å². The third-order valence-corrected chi connectivity index (χ3v) is 3.60. The first kappa shape index (κ1) is 9.66. The van der Waals surface area contributed by atoms with Crippen molar-refractivity contribution in [3.8, 4) is 0 Å². The molecule has 2 heteroatoms. The van der Waals surface area contributed by atoms with Crippen LogP contribution in [0.5, 0.6) is 0 Å². The van der Waals surface area contributed by atoms with Crippen LogP contribution in [0, 0.1) is 17.7 Å². The topological polar surface area (TPSA) is 26.0 Å². The Morgan fingerprint density at radius 3 is 2.07 bits per heavy atom. The number of hydrogen-bond donors (Lipinski definition) is 1. The second-order valence-corrected chi connectivity index (χ2v) is 4.37. The van der Waals surface area contributed by atoms with Crippen molar-refractivity contribution in [2.75, 3.05) is 0 Å². The maximum Gasteiger partial charge on any atom is 0.123 e. The summed E-state index contributed by atoms with van der Waals surface area (Å²) in [6.07, 6.45) is 0. The molecule has 2 atom stereocenters. The summed E-state index contributed by atoms with van der Waals surface area (Å²) in [6, 6.07) is 7.10. The molecule has 2 rings (SSSR count). The molecule has 0 aliphatic heterocycles. The molecule has 1 aromatic carbocycles. The van der Waals surface area contributed by atoms with Gasteiger partial charge in [0, 0.05) is 6.04 Å². The van der Waals surface area contributed by atoms with Crippen LogP contribution < -0.4 is 5.73 Å². The van der Waals surface area contributed by atoms with E-state index in [1.54, 1.807) is 0 Å². The molecular formula is C12H16FN. The van der Waals surface area contributed by atoms with Crippen molar-refractivity contribution in [3.63, 3.8) is 0 Å². The minimum Gasteiger partial charge on any atom is -0.327 e. The van der Waals surface area contributed by atoms with Crippen LogP contribution in [-0.4, -0.2) is 6.04 Å². The van der Waals surface area contributed by atoms with Gasteiger partial charge in [-0.05, 0) is 35.4 Å².